The minimum atomic E-state index is 0. The van der Waals surface area contributed by atoms with Gasteiger partial charge >= 0.3 is 0 Å². The molecule has 0 saturated carbocycles. The molecular weight excluding hydrogens is 221 g/mol. The number of nitrogens with zero attached hydrogens (tertiary/aromatic N) is 6. The molecule has 0 aliphatic carbocycles. The molecule has 13 heavy (non-hydrogen) atoms. The maximum Gasteiger partial charge on any atom is 0.0462 e. The van der Waals surface area contributed by atoms with Crippen LogP contribution < -0.4 is 0 Å². The van der Waals surface area contributed by atoms with Crippen LogP contribution in [0.4, 0.5) is 0 Å². The molecule has 0 saturated heterocycles. The Kier molecular flexibility index (Phi) is 691. The van der Waals surface area contributed by atoms with Crippen molar-refractivity contribution < 1.29 is 19.5 Å². The van der Waals surface area contributed by atoms with Crippen molar-refractivity contribution in [1.82, 2.24) is 0 Å². The Balaban J connectivity index is -0.00000000655. The molecule has 0 aromatic carbocycles. The standard InChI is InChI=1S/6CHN.Zn/c6*1-2;/h6*1H;. The zero-order chi connectivity index (χ0) is 12.0. The third kappa shape index (κ3) is 92.1. The molecule has 0 unspecified atom stereocenters. The number of hydrogen-bond acceptors (Lipinski definition) is 6. The Bertz CT molecular complexity index is 92.1. The van der Waals surface area contributed by atoms with Crippen molar-refractivity contribution in [3.63, 3.8) is 0 Å². The predicted octanol–water partition coefficient (Wildman–Crippen LogP) is 0.836. The van der Waals surface area contributed by atoms with E-state index in [9.17, 15) is 0 Å². The van der Waals surface area contributed by atoms with Gasteiger partial charge in [0.1, 0.15) is 0 Å². The zero-order valence-electron chi connectivity index (χ0n) is 6.85. The van der Waals surface area contributed by atoms with Crippen molar-refractivity contribution in [2.45, 2.75) is 0 Å². The van der Waals surface area contributed by atoms with E-state index < -0.39 is 0 Å². The van der Waals surface area contributed by atoms with E-state index >= 15 is 0 Å². The Labute approximate surface area is 90.8 Å². The Morgan fingerprint density at radius 2 is 0.308 bits per heavy atom. The molecule has 7 heteroatoms. The molecule has 0 bridgehead atoms. The van der Waals surface area contributed by atoms with Crippen molar-refractivity contribution in [2.24, 2.45) is 0 Å². The van der Waals surface area contributed by atoms with Crippen LogP contribution in [0.15, 0.2) is 0 Å². The van der Waals surface area contributed by atoms with Gasteiger partial charge in [-0.05, 0) is 0 Å². The van der Waals surface area contributed by atoms with Gasteiger partial charge in [0.25, 0.3) is 0 Å². The van der Waals surface area contributed by atoms with Gasteiger partial charge in [-0.3, -0.25) is 0 Å². The van der Waals surface area contributed by atoms with Gasteiger partial charge in [0.15, 0.2) is 0 Å². The van der Waals surface area contributed by atoms with Gasteiger partial charge < -0.3 is 0 Å². The molecule has 0 aliphatic rings. The molecule has 0 heterocycles. The summed E-state index contributed by atoms with van der Waals surface area (Å²) in [7, 11) is 0. The van der Waals surface area contributed by atoms with Gasteiger partial charge in [-0.1, -0.05) is 0 Å². The van der Waals surface area contributed by atoms with Gasteiger partial charge in [0, 0.05) is 58.9 Å². The molecule has 0 fully saturated rings. The predicted molar refractivity (Wildman–Crippen MR) is 40.0 cm³/mol. The summed E-state index contributed by atoms with van der Waals surface area (Å²) in [5.41, 5.74) is 0. The van der Waals surface area contributed by atoms with Crippen LogP contribution in [-0.4, -0.2) is 0 Å². The van der Waals surface area contributed by atoms with Crippen LogP contribution in [-0.2, 0) is 19.5 Å². The zero-order valence-corrected chi connectivity index (χ0v) is 9.82. The fourth-order valence-corrected chi connectivity index (χ4v) is 0. The summed E-state index contributed by atoms with van der Waals surface area (Å²) in [6.07, 6.45) is 0. The van der Waals surface area contributed by atoms with Gasteiger partial charge in [0.05, 0.1) is 0 Å². The van der Waals surface area contributed by atoms with Crippen molar-refractivity contribution >= 4 is 0 Å². The number of hydrogen-bond donors (Lipinski definition) is 0. The molecule has 0 aromatic rings. The molecule has 0 rings (SSSR count). The first-order valence-electron chi connectivity index (χ1n) is 1.55. The van der Waals surface area contributed by atoms with E-state index in [1.54, 1.807) is 0 Å². The van der Waals surface area contributed by atoms with Crippen LogP contribution in [0.3, 0.4) is 0 Å². The Morgan fingerprint density at radius 1 is 0.308 bits per heavy atom. The first-order chi connectivity index (χ1) is 6.00. The second-order valence-corrected chi connectivity index (χ2v) is 0. The first kappa shape index (κ1) is 76.1. The average Bonchev–Trinajstić information content (AvgIpc) is 2.33. The summed E-state index contributed by atoms with van der Waals surface area (Å²) in [5, 5.41) is 39.0. The fraction of sp³-hybridized carbons (Fsp3) is 0. The molecule has 0 N–H and O–H groups in total. The van der Waals surface area contributed by atoms with E-state index in [-0.39, 0.29) is 19.5 Å². The number of nitriles is 6. The summed E-state index contributed by atoms with van der Waals surface area (Å²) in [5.74, 6) is 0. The topological polar surface area (TPSA) is 143 Å². The third-order valence-electron chi connectivity index (χ3n) is 0. The maximum absolute atomic E-state index is 6.50. The molecule has 0 spiro atoms. The first-order valence-corrected chi connectivity index (χ1v) is 1.55. The molecule has 0 radical (unpaired) electrons. The molecule has 0 aromatic heterocycles. The molecule has 0 atom stereocenters. The van der Waals surface area contributed by atoms with Crippen LogP contribution in [0.1, 0.15) is 0 Å². The van der Waals surface area contributed by atoms with E-state index in [4.69, 9.17) is 31.6 Å². The Hall–Kier alpha value is -2.44. The van der Waals surface area contributed by atoms with Crippen molar-refractivity contribution in [3.8, 4) is 39.4 Å². The van der Waals surface area contributed by atoms with Crippen LogP contribution in [0, 0.1) is 71.0 Å². The van der Waals surface area contributed by atoms with Crippen molar-refractivity contribution in [3.05, 3.63) is 0 Å². The quantitative estimate of drug-likeness (QED) is 0.561. The minimum Gasteiger partial charge on any atom is -0.202 e. The van der Waals surface area contributed by atoms with Crippen LogP contribution in [0.25, 0.3) is 0 Å². The fourth-order valence-electron chi connectivity index (χ4n) is 0. The molecular formula is C6H6N6Zn. The summed E-state index contributed by atoms with van der Waals surface area (Å²) >= 11 is 0. The van der Waals surface area contributed by atoms with Crippen molar-refractivity contribution in [1.29, 1.82) is 31.6 Å². The largest absolute Gasteiger partial charge is 0.202 e. The molecule has 6 nitrogen and oxygen atoms in total. The van der Waals surface area contributed by atoms with Gasteiger partial charge in [-0.2, -0.15) is 0 Å². The van der Waals surface area contributed by atoms with E-state index in [0.717, 1.165) is 0 Å². The molecule has 0 amide bonds. The monoisotopic (exact) mass is 226 g/mol. The summed E-state index contributed by atoms with van der Waals surface area (Å²) in [6, 6.07) is 0. The van der Waals surface area contributed by atoms with Crippen molar-refractivity contribution in [2.75, 3.05) is 0 Å². The summed E-state index contributed by atoms with van der Waals surface area (Å²) in [6.45, 7) is 21.0. The molecule has 62 valence electrons. The summed E-state index contributed by atoms with van der Waals surface area (Å²) < 4.78 is 0. The van der Waals surface area contributed by atoms with Gasteiger partial charge in [0.2, 0.25) is 0 Å². The summed E-state index contributed by atoms with van der Waals surface area (Å²) in [4.78, 5) is 0. The van der Waals surface area contributed by atoms with Crippen LogP contribution in [0.2, 0.25) is 0 Å². The average molecular weight is 228 g/mol. The van der Waals surface area contributed by atoms with Crippen LogP contribution >= 0.6 is 0 Å². The maximum atomic E-state index is 6.50. The van der Waals surface area contributed by atoms with Gasteiger partial charge in [-0.25, -0.2) is 31.6 Å². The van der Waals surface area contributed by atoms with E-state index in [1.165, 1.54) is 0 Å². The van der Waals surface area contributed by atoms with E-state index in [2.05, 4.69) is 39.4 Å². The number of rotatable bonds is 0. The van der Waals surface area contributed by atoms with E-state index in [0.29, 0.717) is 0 Å². The normalized spacial score (nSPS) is 0.923. The third-order valence-corrected chi connectivity index (χ3v) is 0. The Morgan fingerprint density at radius 3 is 0.308 bits per heavy atom. The SMILES string of the molecule is C#N.C#N.C#N.C#N.C#N.C#N.[Zn]. The second kappa shape index (κ2) is 118. The minimum absolute atomic E-state index is 0. The van der Waals surface area contributed by atoms with Gasteiger partial charge in [-0.15, -0.1) is 0 Å². The second-order valence-electron chi connectivity index (χ2n) is 0. The van der Waals surface area contributed by atoms with Crippen LogP contribution in [0.5, 0.6) is 0 Å². The van der Waals surface area contributed by atoms with E-state index in [1.807, 2.05) is 0 Å². The smallest absolute Gasteiger partial charge is 0.0462 e. The molecule has 0 aliphatic heterocycles.